The summed E-state index contributed by atoms with van der Waals surface area (Å²) in [4.78, 5) is 12.5. The lowest BCUT2D eigenvalue weighted by atomic mass is 9.97. The number of hydrogen-bond acceptors (Lipinski definition) is 2. The van der Waals surface area contributed by atoms with Gasteiger partial charge in [-0.3, -0.25) is 4.79 Å². The second kappa shape index (κ2) is 4.84. The van der Waals surface area contributed by atoms with Crippen LogP contribution in [0.25, 0.3) is 0 Å². The highest BCUT2D eigenvalue weighted by Gasteiger charge is 2.16. The van der Waals surface area contributed by atoms with Crippen LogP contribution in [-0.2, 0) is 18.0 Å². The molecule has 0 fully saturated rings. The molecule has 1 aliphatic rings. The van der Waals surface area contributed by atoms with Crippen LogP contribution in [0.5, 0.6) is 0 Å². The molecular weight excluding hydrogens is 255 g/mol. The average molecular weight is 270 g/mol. The molecule has 2 nitrogen and oxygen atoms in total. The quantitative estimate of drug-likeness (QED) is 0.778. The third kappa shape index (κ3) is 2.14. The van der Waals surface area contributed by atoms with Crippen molar-refractivity contribution in [3.63, 3.8) is 0 Å². The van der Waals surface area contributed by atoms with E-state index in [1.807, 2.05) is 18.2 Å². The van der Waals surface area contributed by atoms with Crippen LogP contribution in [0.15, 0.2) is 30.3 Å². The van der Waals surface area contributed by atoms with Crippen molar-refractivity contribution < 1.29 is 13.9 Å². The maximum Gasteiger partial charge on any atom is 0.193 e. The molecule has 0 aliphatic carbocycles. The van der Waals surface area contributed by atoms with Crippen molar-refractivity contribution in [1.29, 1.82) is 0 Å². The van der Waals surface area contributed by atoms with Crippen LogP contribution in [0.2, 0.25) is 0 Å². The smallest absolute Gasteiger partial charge is 0.193 e. The first-order valence-corrected chi connectivity index (χ1v) is 6.57. The molecule has 0 aromatic heterocycles. The van der Waals surface area contributed by atoms with Crippen LogP contribution in [0.1, 0.15) is 38.2 Å². The largest absolute Gasteiger partial charge is 0.372 e. The van der Waals surface area contributed by atoms with Gasteiger partial charge in [0.05, 0.1) is 13.2 Å². The zero-order chi connectivity index (χ0) is 14.3. The van der Waals surface area contributed by atoms with Crippen molar-refractivity contribution in [2.75, 3.05) is 0 Å². The Labute approximate surface area is 117 Å². The van der Waals surface area contributed by atoms with E-state index >= 15 is 0 Å². The first-order chi connectivity index (χ1) is 9.56. The van der Waals surface area contributed by atoms with Gasteiger partial charge in [0.25, 0.3) is 0 Å². The summed E-state index contributed by atoms with van der Waals surface area (Å²) in [5.74, 6) is -0.324. The van der Waals surface area contributed by atoms with Crippen molar-refractivity contribution in [1.82, 2.24) is 0 Å². The van der Waals surface area contributed by atoms with Gasteiger partial charge in [-0.05, 0) is 54.3 Å². The van der Waals surface area contributed by atoms with Gasteiger partial charge in [0.15, 0.2) is 5.78 Å². The van der Waals surface area contributed by atoms with E-state index in [1.165, 1.54) is 0 Å². The Balaban J connectivity index is 2.00. The third-order valence-corrected chi connectivity index (χ3v) is 3.68. The summed E-state index contributed by atoms with van der Waals surface area (Å²) in [5.41, 5.74) is 4.34. The van der Waals surface area contributed by atoms with Crippen LogP contribution in [0.4, 0.5) is 4.39 Å². The number of benzene rings is 2. The topological polar surface area (TPSA) is 26.3 Å². The lowest BCUT2D eigenvalue weighted by molar-refractivity contribution is 0.103. The Morgan fingerprint density at radius 1 is 1.00 bits per heavy atom. The normalized spacial score (nSPS) is 13.3. The lowest BCUT2D eigenvalue weighted by Gasteiger charge is -2.07. The second-order valence-electron chi connectivity index (χ2n) is 5.23. The lowest BCUT2D eigenvalue weighted by Crippen LogP contribution is -2.04. The molecule has 0 amide bonds. The van der Waals surface area contributed by atoms with E-state index in [-0.39, 0.29) is 11.6 Å². The summed E-state index contributed by atoms with van der Waals surface area (Å²) in [6.07, 6.45) is 0. The van der Waals surface area contributed by atoms with Gasteiger partial charge in [0, 0.05) is 11.1 Å². The minimum atomic E-state index is -0.246. The van der Waals surface area contributed by atoms with E-state index in [0.29, 0.717) is 35.5 Å². The van der Waals surface area contributed by atoms with Crippen LogP contribution >= 0.6 is 0 Å². The van der Waals surface area contributed by atoms with E-state index in [2.05, 4.69) is 0 Å². The summed E-state index contributed by atoms with van der Waals surface area (Å²) in [7, 11) is 0. The third-order valence-electron chi connectivity index (χ3n) is 3.68. The fourth-order valence-corrected chi connectivity index (χ4v) is 2.56. The first kappa shape index (κ1) is 13.0. The molecule has 0 unspecified atom stereocenters. The molecule has 2 aromatic rings. The Hall–Kier alpha value is -2.00. The molecule has 3 heteroatoms. The number of ether oxygens (including phenoxy) is 1. The van der Waals surface area contributed by atoms with Crippen LogP contribution in [0.3, 0.4) is 0 Å². The Morgan fingerprint density at radius 2 is 1.65 bits per heavy atom. The SMILES string of the molecule is Cc1cc(C(=O)c2ccc3c(c2)COC3)cc(C)c1F. The fraction of sp³-hybridized carbons (Fsp3) is 0.235. The highest BCUT2D eigenvalue weighted by molar-refractivity contribution is 6.09. The standard InChI is InChI=1S/C17H15FO2/c1-10-5-14(6-11(2)16(10)18)17(19)12-3-4-13-8-20-9-15(13)7-12/h3-7H,8-9H2,1-2H3. The van der Waals surface area contributed by atoms with Gasteiger partial charge in [-0.2, -0.15) is 0 Å². The maximum absolute atomic E-state index is 13.6. The highest BCUT2D eigenvalue weighted by Crippen LogP contribution is 2.23. The Kier molecular flexibility index (Phi) is 3.14. The molecule has 3 rings (SSSR count). The zero-order valence-corrected chi connectivity index (χ0v) is 11.5. The zero-order valence-electron chi connectivity index (χ0n) is 11.5. The van der Waals surface area contributed by atoms with Gasteiger partial charge in [-0.1, -0.05) is 12.1 Å². The number of hydrogen-bond donors (Lipinski definition) is 0. The van der Waals surface area contributed by atoms with Gasteiger partial charge in [-0.15, -0.1) is 0 Å². The second-order valence-corrected chi connectivity index (χ2v) is 5.23. The monoisotopic (exact) mass is 270 g/mol. The molecule has 0 spiro atoms. The van der Waals surface area contributed by atoms with Gasteiger partial charge in [-0.25, -0.2) is 4.39 Å². The molecule has 0 bridgehead atoms. The van der Waals surface area contributed by atoms with Crippen molar-refractivity contribution in [2.24, 2.45) is 0 Å². The number of ketones is 1. The fourth-order valence-electron chi connectivity index (χ4n) is 2.56. The summed E-state index contributed by atoms with van der Waals surface area (Å²) >= 11 is 0. The minimum Gasteiger partial charge on any atom is -0.372 e. The molecule has 0 saturated carbocycles. The first-order valence-electron chi connectivity index (χ1n) is 6.57. The summed E-state index contributed by atoms with van der Waals surface area (Å²) in [5, 5.41) is 0. The Morgan fingerprint density at radius 3 is 2.35 bits per heavy atom. The summed E-state index contributed by atoms with van der Waals surface area (Å²) < 4.78 is 19.0. The number of rotatable bonds is 2. The van der Waals surface area contributed by atoms with Crippen molar-refractivity contribution in [2.45, 2.75) is 27.1 Å². The summed E-state index contributed by atoms with van der Waals surface area (Å²) in [6, 6.07) is 8.82. The van der Waals surface area contributed by atoms with E-state index < -0.39 is 0 Å². The molecular formula is C17H15FO2. The molecule has 2 aromatic carbocycles. The van der Waals surface area contributed by atoms with Crippen LogP contribution in [0, 0.1) is 19.7 Å². The molecule has 20 heavy (non-hydrogen) atoms. The average Bonchev–Trinajstić information content (AvgIpc) is 2.90. The molecule has 0 atom stereocenters. The van der Waals surface area contributed by atoms with E-state index in [1.54, 1.807) is 26.0 Å². The number of carbonyl (C=O) groups is 1. The molecule has 1 aliphatic heterocycles. The van der Waals surface area contributed by atoms with Crippen molar-refractivity contribution in [3.05, 3.63) is 69.5 Å². The number of halogens is 1. The number of aryl methyl sites for hydroxylation is 2. The van der Waals surface area contributed by atoms with Crippen molar-refractivity contribution in [3.8, 4) is 0 Å². The van der Waals surface area contributed by atoms with E-state index in [4.69, 9.17) is 4.74 Å². The molecule has 0 radical (unpaired) electrons. The number of fused-ring (bicyclic) bond motifs is 1. The predicted molar refractivity (Wildman–Crippen MR) is 74.2 cm³/mol. The van der Waals surface area contributed by atoms with Gasteiger partial charge in [0.2, 0.25) is 0 Å². The Bertz CT molecular complexity index is 681. The van der Waals surface area contributed by atoms with Crippen molar-refractivity contribution >= 4 is 5.78 Å². The van der Waals surface area contributed by atoms with Crippen LogP contribution in [-0.4, -0.2) is 5.78 Å². The van der Waals surface area contributed by atoms with E-state index in [9.17, 15) is 9.18 Å². The summed E-state index contributed by atoms with van der Waals surface area (Å²) in [6.45, 7) is 4.52. The maximum atomic E-state index is 13.6. The number of carbonyl (C=O) groups excluding carboxylic acids is 1. The minimum absolute atomic E-state index is 0.0779. The van der Waals surface area contributed by atoms with E-state index in [0.717, 1.165) is 11.1 Å². The van der Waals surface area contributed by atoms with Gasteiger partial charge >= 0.3 is 0 Å². The predicted octanol–water partition coefficient (Wildman–Crippen LogP) is 3.70. The molecule has 0 saturated heterocycles. The van der Waals surface area contributed by atoms with Crippen LogP contribution < -0.4 is 0 Å². The molecule has 0 N–H and O–H groups in total. The highest BCUT2D eigenvalue weighted by atomic mass is 19.1. The molecule has 1 heterocycles. The van der Waals surface area contributed by atoms with Gasteiger partial charge < -0.3 is 4.74 Å². The van der Waals surface area contributed by atoms with Gasteiger partial charge in [0.1, 0.15) is 5.82 Å². The molecule has 102 valence electrons.